The van der Waals surface area contributed by atoms with Crippen LogP contribution in [0.15, 0.2) is 71.9 Å². The molecule has 1 aromatic carbocycles. The quantitative estimate of drug-likeness (QED) is 0.594. The maximum Gasteiger partial charge on any atom is 0.266 e. The number of aromatic nitrogens is 1. The molecule has 0 unspecified atom stereocenters. The number of nitrogens with one attached hydrogen (secondary N) is 1. The third-order valence-electron chi connectivity index (χ3n) is 3.72. The third kappa shape index (κ3) is 5.35. The second-order valence-corrected chi connectivity index (χ2v) is 7.34. The minimum Gasteiger partial charge on any atom is -0.325 e. The number of hydrogen-bond donors (Lipinski definition) is 1. The standard InChI is InChI=1S/C20H17N3O2S2/c24-18(22-16-9-5-12-21-14-16)11-13-23-19(25)17(27-20(23)26)10-4-8-15-6-2-1-3-7-15/h1-10,12,14H,11,13H2,(H,22,24). The molecule has 1 fully saturated rings. The lowest BCUT2D eigenvalue weighted by molar-refractivity contribution is -0.122. The Labute approximate surface area is 167 Å². The van der Waals surface area contributed by atoms with Gasteiger partial charge in [-0.2, -0.15) is 0 Å². The molecule has 5 nitrogen and oxygen atoms in total. The maximum atomic E-state index is 12.5. The molecule has 7 heteroatoms. The van der Waals surface area contributed by atoms with Crippen LogP contribution < -0.4 is 5.32 Å². The predicted molar refractivity (Wildman–Crippen MR) is 113 cm³/mol. The molecular weight excluding hydrogens is 378 g/mol. The fourth-order valence-electron chi connectivity index (χ4n) is 2.39. The van der Waals surface area contributed by atoms with Crippen LogP contribution in [0.3, 0.4) is 0 Å². The van der Waals surface area contributed by atoms with Crippen molar-refractivity contribution in [3.8, 4) is 0 Å². The molecule has 2 amide bonds. The minimum atomic E-state index is -0.190. The summed E-state index contributed by atoms with van der Waals surface area (Å²) in [7, 11) is 0. The van der Waals surface area contributed by atoms with Gasteiger partial charge >= 0.3 is 0 Å². The maximum absolute atomic E-state index is 12.5. The fourth-order valence-corrected chi connectivity index (χ4v) is 3.65. The van der Waals surface area contributed by atoms with Crippen LogP contribution in [-0.4, -0.2) is 32.6 Å². The summed E-state index contributed by atoms with van der Waals surface area (Å²) in [6.07, 6.45) is 8.87. The number of benzene rings is 1. The van der Waals surface area contributed by atoms with Gasteiger partial charge in [0.2, 0.25) is 5.91 Å². The van der Waals surface area contributed by atoms with E-state index in [2.05, 4.69) is 10.3 Å². The van der Waals surface area contributed by atoms with E-state index in [0.717, 1.165) is 5.56 Å². The fraction of sp³-hybridized carbons (Fsp3) is 0.100. The lowest BCUT2D eigenvalue weighted by atomic mass is 10.2. The highest BCUT2D eigenvalue weighted by atomic mass is 32.2. The van der Waals surface area contributed by atoms with Gasteiger partial charge in [-0.25, -0.2) is 0 Å². The van der Waals surface area contributed by atoms with E-state index < -0.39 is 0 Å². The minimum absolute atomic E-state index is 0.161. The van der Waals surface area contributed by atoms with Crippen LogP contribution in [-0.2, 0) is 9.59 Å². The molecule has 2 aromatic rings. The van der Waals surface area contributed by atoms with E-state index >= 15 is 0 Å². The van der Waals surface area contributed by atoms with Gasteiger partial charge in [0, 0.05) is 19.2 Å². The molecule has 0 aliphatic carbocycles. The zero-order valence-corrected chi connectivity index (χ0v) is 16.0. The van der Waals surface area contributed by atoms with Gasteiger partial charge in [0.15, 0.2) is 0 Å². The molecule has 0 saturated carbocycles. The summed E-state index contributed by atoms with van der Waals surface area (Å²) in [5, 5.41) is 2.74. The number of rotatable bonds is 6. The van der Waals surface area contributed by atoms with Crippen LogP contribution >= 0.6 is 24.0 Å². The first-order valence-corrected chi connectivity index (χ1v) is 9.53. The number of thiocarbonyl (C=S) groups is 1. The van der Waals surface area contributed by atoms with Gasteiger partial charge in [0.1, 0.15) is 4.32 Å². The first-order chi connectivity index (χ1) is 13.1. The Balaban J connectivity index is 1.55. The Kier molecular flexibility index (Phi) is 6.51. The molecule has 136 valence electrons. The summed E-state index contributed by atoms with van der Waals surface area (Å²) < 4.78 is 0.466. The molecule has 0 atom stereocenters. The molecule has 1 saturated heterocycles. The number of allylic oxidation sites excluding steroid dienone is 2. The summed E-state index contributed by atoms with van der Waals surface area (Å²) in [5.74, 6) is -0.359. The predicted octanol–water partition coefficient (Wildman–Crippen LogP) is 3.87. The average Bonchev–Trinajstić information content (AvgIpc) is 2.95. The van der Waals surface area contributed by atoms with Crippen LogP contribution in [0, 0.1) is 0 Å². The van der Waals surface area contributed by atoms with E-state index in [4.69, 9.17) is 12.2 Å². The molecule has 2 heterocycles. The number of hydrogen-bond acceptors (Lipinski definition) is 5. The second kappa shape index (κ2) is 9.25. The molecule has 1 aliphatic rings. The topological polar surface area (TPSA) is 62.3 Å². The van der Waals surface area contributed by atoms with Crippen molar-refractivity contribution in [3.05, 3.63) is 77.5 Å². The number of amides is 2. The van der Waals surface area contributed by atoms with E-state index in [1.165, 1.54) is 16.7 Å². The third-order valence-corrected chi connectivity index (χ3v) is 5.11. The summed E-state index contributed by atoms with van der Waals surface area (Å²) in [5.41, 5.74) is 1.68. The number of pyridine rings is 1. The van der Waals surface area contributed by atoms with Crippen molar-refractivity contribution in [3.63, 3.8) is 0 Å². The van der Waals surface area contributed by atoms with Crippen molar-refractivity contribution in [1.29, 1.82) is 0 Å². The highest BCUT2D eigenvalue weighted by Crippen LogP contribution is 2.31. The van der Waals surface area contributed by atoms with Crippen molar-refractivity contribution in [2.24, 2.45) is 0 Å². The number of carbonyl (C=O) groups excluding carboxylic acids is 2. The Morgan fingerprint density at radius 3 is 2.78 bits per heavy atom. The number of thioether (sulfide) groups is 1. The second-order valence-electron chi connectivity index (χ2n) is 5.67. The molecule has 3 rings (SSSR count). The molecule has 0 spiro atoms. The monoisotopic (exact) mass is 395 g/mol. The van der Waals surface area contributed by atoms with Crippen molar-refractivity contribution in [2.75, 3.05) is 11.9 Å². The Bertz CT molecular complexity index is 896. The molecule has 0 radical (unpaired) electrons. The van der Waals surface area contributed by atoms with Crippen LogP contribution in [0.25, 0.3) is 6.08 Å². The highest BCUT2D eigenvalue weighted by Gasteiger charge is 2.31. The Morgan fingerprint density at radius 2 is 2.04 bits per heavy atom. The average molecular weight is 396 g/mol. The van der Waals surface area contributed by atoms with Crippen molar-refractivity contribution < 1.29 is 9.59 Å². The van der Waals surface area contributed by atoms with Crippen LogP contribution in [0.1, 0.15) is 12.0 Å². The van der Waals surface area contributed by atoms with Crippen LogP contribution in [0.2, 0.25) is 0 Å². The van der Waals surface area contributed by atoms with Gasteiger partial charge < -0.3 is 5.32 Å². The van der Waals surface area contributed by atoms with E-state index in [9.17, 15) is 9.59 Å². The largest absolute Gasteiger partial charge is 0.325 e. The lowest BCUT2D eigenvalue weighted by Crippen LogP contribution is -2.31. The van der Waals surface area contributed by atoms with Crippen LogP contribution in [0.4, 0.5) is 5.69 Å². The molecule has 27 heavy (non-hydrogen) atoms. The molecule has 1 N–H and O–H groups in total. The Morgan fingerprint density at radius 1 is 1.22 bits per heavy atom. The van der Waals surface area contributed by atoms with E-state index in [1.807, 2.05) is 42.5 Å². The van der Waals surface area contributed by atoms with Crippen molar-refractivity contribution in [1.82, 2.24) is 9.88 Å². The van der Waals surface area contributed by atoms with E-state index in [1.54, 1.807) is 30.6 Å². The number of nitrogens with zero attached hydrogens (tertiary/aromatic N) is 2. The van der Waals surface area contributed by atoms with Gasteiger partial charge in [0.25, 0.3) is 5.91 Å². The summed E-state index contributed by atoms with van der Waals surface area (Å²) >= 11 is 6.53. The summed E-state index contributed by atoms with van der Waals surface area (Å²) in [4.78, 5) is 30.5. The zero-order valence-electron chi connectivity index (χ0n) is 14.4. The first-order valence-electron chi connectivity index (χ1n) is 8.30. The number of carbonyl (C=O) groups is 2. The van der Waals surface area contributed by atoms with Gasteiger partial charge in [-0.05, 0) is 23.8 Å². The molecule has 0 bridgehead atoms. The highest BCUT2D eigenvalue weighted by molar-refractivity contribution is 8.26. The smallest absolute Gasteiger partial charge is 0.266 e. The van der Waals surface area contributed by atoms with E-state index in [-0.39, 0.29) is 24.8 Å². The Hall–Kier alpha value is -2.77. The number of anilines is 1. The van der Waals surface area contributed by atoms with Gasteiger partial charge in [-0.3, -0.25) is 19.5 Å². The first kappa shape index (κ1) is 19.0. The van der Waals surface area contributed by atoms with Crippen LogP contribution in [0.5, 0.6) is 0 Å². The SMILES string of the molecule is O=C(CCN1C(=O)C(=CC=Cc2ccccc2)SC1=S)Nc1cccnc1. The normalized spacial score (nSPS) is 15.7. The molecule has 1 aliphatic heterocycles. The van der Waals surface area contributed by atoms with E-state index in [0.29, 0.717) is 14.9 Å². The van der Waals surface area contributed by atoms with Crippen molar-refractivity contribution in [2.45, 2.75) is 6.42 Å². The summed E-state index contributed by atoms with van der Waals surface area (Å²) in [6, 6.07) is 13.3. The van der Waals surface area contributed by atoms with Gasteiger partial charge in [0.05, 0.1) is 16.8 Å². The summed E-state index contributed by atoms with van der Waals surface area (Å²) in [6.45, 7) is 0.247. The van der Waals surface area contributed by atoms with Gasteiger partial charge in [-0.1, -0.05) is 66.5 Å². The van der Waals surface area contributed by atoms with Gasteiger partial charge in [-0.15, -0.1) is 0 Å². The zero-order chi connectivity index (χ0) is 19.1. The lowest BCUT2D eigenvalue weighted by Gasteiger charge is -2.14. The molecule has 1 aromatic heterocycles. The molecular formula is C20H17N3O2S2. The van der Waals surface area contributed by atoms with Crippen molar-refractivity contribution >= 4 is 51.9 Å².